The maximum Gasteiger partial charge on any atom is 0.354 e. The number of carbonyl (C=O) groups is 1. The minimum atomic E-state index is -4.29. The highest BCUT2D eigenvalue weighted by atomic mass is 32.2. The molecule has 196 valence electrons. The van der Waals surface area contributed by atoms with Crippen LogP contribution in [0.15, 0.2) is 121 Å². The van der Waals surface area contributed by atoms with Gasteiger partial charge in [0.15, 0.2) is 5.69 Å². The van der Waals surface area contributed by atoms with Crippen molar-refractivity contribution in [1.82, 2.24) is 3.97 Å². The highest BCUT2D eigenvalue weighted by molar-refractivity contribution is 7.90. The molecule has 1 heterocycles. The van der Waals surface area contributed by atoms with E-state index in [9.17, 15) is 18.3 Å². The maximum atomic E-state index is 13.9. The molecule has 0 aliphatic rings. The summed E-state index contributed by atoms with van der Waals surface area (Å²) >= 11 is 0. The van der Waals surface area contributed by atoms with Crippen molar-refractivity contribution in [2.24, 2.45) is 5.73 Å². The topological polar surface area (TPSA) is 112 Å². The average Bonchev–Trinajstić information content (AvgIpc) is 3.32. The molecule has 0 aliphatic carbocycles. The predicted octanol–water partition coefficient (Wildman–Crippen LogP) is 6.01. The van der Waals surface area contributed by atoms with E-state index < -0.39 is 27.7 Å². The summed E-state index contributed by atoms with van der Waals surface area (Å²) in [4.78, 5) is 12.8. The van der Waals surface area contributed by atoms with E-state index in [1.54, 1.807) is 66.7 Å². The number of aromatic carboxylic acids is 1. The second-order valence-corrected chi connectivity index (χ2v) is 10.7. The van der Waals surface area contributed by atoms with Crippen LogP contribution >= 0.6 is 0 Å². The maximum absolute atomic E-state index is 13.9. The van der Waals surface area contributed by atoms with Crippen LogP contribution < -0.4 is 10.5 Å². The first-order valence-corrected chi connectivity index (χ1v) is 13.6. The van der Waals surface area contributed by atoms with E-state index in [-0.39, 0.29) is 22.6 Å². The third kappa shape index (κ3) is 4.83. The summed E-state index contributed by atoms with van der Waals surface area (Å²) in [5, 5.41) is 10.9. The minimum Gasteiger partial charge on any atom is -0.489 e. The van der Waals surface area contributed by atoms with Crippen molar-refractivity contribution < 1.29 is 23.1 Å². The van der Waals surface area contributed by atoms with Crippen LogP contribution in [0, 0.1) is 0 Å². The molecule has 5 rings (SSSR count). The second-order valence-electron chi connectivity index (χ2n) is 8.91. The lowest BCUT2D eigenvalue weighted by Gasteiger charge is -2.15. The number of nitrogens with zero attached hydrogens (tertiary/aromatic N) is 1. The van der Waals surface area contributed by atoms with Crippen molar-refractivity contribution in [3.05, 3.63) is 133 Å². The van der Waals surface area contributed by atoms with Gasteiger partial charge in [-0.25, -0.2) is 17.2 Å². The van der Waals surface area contributed by atoms with Crippen LogP contribution in [0.3, 0.4) is 0 Å². The van der Waals surface area contributed by atoms with E-state index in [2.05, 4.69) is 6.58 Å². The predicted molar refractivity (Wildman–Crippen MR) is 151 cm³/mol. The van der Waals surface area contributed by atoms with Gasteiger partial charge in [-0.05, 0) is 47.0 Å². The standard InChI is InChI=1S/C31H26N2O5S/c1-2-27(32)24-15-9-10-16-25(24)29-26-19-22(38-20-21-11-5-3-6-12-21)17-18-28(26)33(30(29)31(34)35)39(36,37)23-13-7-4-8-14-23/h2-19,27H,1,20,32H2,(H,34,35)/t27-/m1/s1. The van der Waals surface area contributed by atoms with Gasteiger partial charge in [0, 0.05) is 17.0 Å². The van der Waals surface area contributed by atoms with Crippen molar-refractivity contribution in [2.75, 3.05) is 0 Å². The summed E-state index contributed by atoms with van der Waals surface area (Å²) in [6, 6.07) is 28.7. The summed E-state index contributed by atoms with van der Waals surface area (Å²) in [5.41, 5.74) is 8.42. The molecule has 1 atom stereocenters. The zero-order valence-corrected chi connectivity index (χ0v) is 21.7. The summed E-state index contributed by atoms with van der Waals surface area (Å²) < 4.78 is 34.7. The molecule has 0 saturated carbocycles. The van der Waals surface area contributed by atoms with E-state index in [4.69, 9.17) is 10.5 Å². The van der Waals surface area contributed by atoms with Crippen LogP contribution in [0.4, 0.5) is 0 Å². The van der Waals surface area contributed by atoms with Crippen LogP contribution in [0.2, 0.25) is 0 Å². The van der Waals surface area contributed by atoms with Crippen LogP contribution in [0.5, 0.6) is 5.75 Å². The molecule has 0 radical (unpaired) electrons. The van der Waals surface area contributed by atoms with Gasteiger partial charge in [0.05, 0.1) is 10.4 Å². The monoisotopic (exact) mass is 538 g/mol. The van der Waals surface area contributed by atoms with Gasteiger partial charge in [0.1, 0.15) is 12.4 Å². The van der Waals surface area contributed by atoms with E-state index >= 15 is 0 Å². The van der Waals surface area contributed by atoms with Crippen LogP contribution in [-0.2, 0) is 16.6 Å². The zero-order valence-electron chi connectivity index (χ0n) is 20.9. The second kappa shape index (κ2) is 10.6. The van der Waals surface area contributed by atoms with Crippen molar-refractivity contribution >= 4 is 26.9 Å². The van der Waals surface area contributed by atoms with E-state index in [1.807, 2.05) is 30.3 Å². The molecule has 0 aliphatic heterocycles. The molecule has 0 amide bonds. The lowest BCUT2D eigenvalue weighted by Crippen LogP contribution is -2.19. The molecule has 0 saturated heterocycles. The number of fused-ring (bicyclic) bond motifs is 1. The number of carboxylic acids is 1. The Kier molecular flexibility index (Phi) is 7.06. The summed E-state index contributed by atoms with van der Waals surface area (Å²) in [6.07, 6.45) is 1.55. The van der Waals surface area contributed by atoms with Gasteiger partial charge in [-0.15, -0.1) is 6.58 Å². The quantitative estimate of drug-likeness (QED) is 0.222. The first-order valence-electron chi connectivity index (χ1n) is 12.2. The molecule has 5 aromatic rings. The van der Waals surface area contributed by atoms with Gasteiger partial charge in [0.2, 0.25) is 0 Å². The van der Waals surface area contributed by atoms with E-state index in [0.717, 1.165) is 9.54 Å². The lowest BCUT2D eigenvalue weighted by molar-refractivity contribution is 0.0690. The number of rotatable bonds is 9. The number of hydrogen-bond donors (Lipinski definition) is 2. The molecule has 0 bridgehead atoms. The fraction of sp³-hybridized carbons (Fsp3) is 0.0645. The molecule has 39 heavy (non-hydrogen) atoms. The van der Waals surface area contributed by atoms with Gasteiger partial charge < -0.3 is 15.6 Å². The average molecular weight is 539 g/mol. The van der Waals surface area contributed by atoms with Gasteiger partial charge in [-0.3, -0.25) is 0 Å². The first kappa shape index (κ1) is 26.0. The van der Waals surface area contributed by atoms with E-state index in [0.29, 0.717) is 22.3 Å². The van der Waals surface area contributed by atoms with Crippen LogP contribution in [0.25, 0.3) is 22.0 Å². The first-order chi connectivity index (χ1) is 18.8. The third-order valence-electron chi connectivity index (χ3n) is 6.47. The summed E-state index contributed by atoms with van der Waals surface area (Å²) in [5.74, 6) is -0.932. The van der Waals surface area contributed by atoms with E-state index in [1.165, 1.54) is 12.1 Å². The Labute approximate surface area is 226 Å². The van der Waals surface area contributed by atoms with Crippen molar-refractivity contribution in [2.45, 2.75) is 17.5 Å². The number of aromatic nitrogens is 1. The Morgan fingerprint density at radius 1 is 0.949 bits per heavy atom. The third-order valence-corrected chi connectivity index (χ3v) is 8.20. The highest BCUT2D eigenvalue weighted by Crippen LogP contribution is 2.41. The normalized spacial score (nSPS) is 12.2. The van der Waals surface area contributed by atoms with Gasteiger partial charge in [0.25, 0.3) is 10.0 Å². The summed E-state index contributed by atoms with van der Waals surface area (Å²) in [7, 11) is -4.29. The van der Waals surface area contributed by atoms with Crippen molar-refractivity contribution in [3.8, 4) is 16.9 Å². The molecular weight excluding hydrogens is 512 g/mol. The largest absolute Gasteiger partial charge is 0.489 e. The number of nitrogens with two attached hydrogens (primary N) is 1. The molecule has 0 fully saturated rings. The Hall–Kier alpha value is -4.66. The Bertz CT molecular complexity index is 1780. The van der Waals surface area contributed by atoms with Gasteiger partial charge in [-0.2, -0.15) is 0 Å². The van der Waals surface area contributed by atoms with Crippen LogP contribution in [0.1, 0.15) is 27.7 Å². The highest BCUT2D eigenvalue weighted by Gasteiger charge is 2.32. The minimum absolute atomic E-state index is 0.0311. The number of ether oxygens (including phenoxy) is 1. The molecule has 1 aromatic heterocycles. The number of benzene rings is 4. The number of hydrogen-bond acceptors (Lipinski definition) is 5. The molecule has 3 N–H and O–H groups in total. The smallest absolute Gasteiger partial charge is 0.354 e. The molecule has 7 nitrogen and oxygen atoms in total. The Morgan fingerprint density at radius 2 is 1.59 bits per heavy atom. The Morgan fingerprint density at radius 3 is 2.26 bits per heavy atom. The Balaban J connectivity index is 1.81. The SMILES string of the molecule is C=C[C@@H](N)c1ccccc1-c1c(C(=O)O)n(S(=O)(=O)c2ccccc2)c2ccc(OCc3ccccc3)cc12. The lowest BCUT2D eigenvalue weighted by atomic mass is 9.93. The molecule has 0 spiro atoms. The van der Waals surface area contributed by atoms with Crippen LogP contribution in [-0.4, -0.2) is 23.5 Å². The molecule has 8 heteroatoms. The molecule has 4 aromatic carbocycles. The fourth-order valence-corrected chi connectivity index (χ4v) is 6.17. The zero-order chi connectivity index (χ0) is 27.6. The molecule has 0 unspecified atom stereocenters. The van der Waals surface area contributed by atoms with Gasteiger partial charge >= 0.3 is 5.97 Å². The molecular formula is C31H26N2O5S. The van der Waals surface area contributed by atoms with Crippen molar-refractivity contribution in [1.29, 1.82) is 0 Å². The summed E-state index contributed by atoms with van der Waals surface area (Å²) in [6.45, 7) is 4.07. The van der Waals surface area contributed by atoms with Crippen molar-refractivity contribution in [3.63, 3.8) is 0 Å². The fourth-order valence-electron chi connectivity index (χ4n) is 4.63. The number of carboxylic acid groups (broad SMARTS) is 1. The van der Waals surface area contributed by atoms with Gasteiger partial charge in [-0.1, -0.05) is 78.9 Å².